The summed E-state index contributed by atoms with van der Waals surface area (Å²) >= 11 is 0. The number of aryl methyl sites for hydroxylation is 2. The molecule has 0 aliphatic rings. The predicted octanol–water partition coefficient (Wildman–Crippen LogP) is 3.44. The molecule has 1 heterocycles. The SMILES string of the molecule is CCCc1nc(-c2ccc(F)c(C)c2)oc1C(=O)O. The Bertz CT molecular complexity index is 619. The molecule has 2 aromatic rings. The number of carbonyl (C=O) groups is 1. The number of halogens is 1. The normalized spacial score (nSPS) is 10.7. The van der Waals surface area contributed by atoms with Gasteiger partial charge in [-0.2, -0.15) is 0 Å². The molecule has 19 heavy (non-hydrogen) atoms. The average molecular weight is 263 g/mol. The van der Waals surface area contributed by atoms with Crippen LogP contribution in [0, 0.1) is 12.7 Å². The number of hydrogen-bond donors (Lipinski definition) is 1. The van der Waals surface area contributed by atoms with Gasteiger partial charge in [0.05, 0.1) is 5.69 Å². The maximum Gasteiger partial charge on any atom is 0.373 e. The van der Waals surface area contributed by atoms with E-state index in [2.05, 4.69) is 4.98 Å². The van der Waals surface area contributed by atoms with Crippen molar-refractivity contribution < 1.29 is 18.7 Å². The van der Waals surface area contributed by atoms with E-state index in [1.165, 1.54) is 12.1 Å². The highest BCUT2D eigenvalue weighted by atomic mass is 19.1. The fourth-order valence-electron chi connectivity index (χ4n) is 1.83. The molecular formula is C14H14FNO3. The molecule has 100 valence electrons. The van der Waals surface area contributed by atoms with Gasteiger partial charge in [0.1, 0.15) is 5.82 Å². The standard InChI is InChI=1S/C14H14FNO3/c1-3-4-11-12(14(17)18)19-13(16-11)9-5-6-10(15)8(2)7-9/h5-7H,3-4H2,1-2H3,(H,17,18). The number of oxazole rings is 1. The lowest BCUT2D eigenvalue weighted by Crippen LogP contribution is -1.99. The summed E-state index contributed by atoms with van der Waals surface area (Å²) in [6.07, 6.45) is 1.31. The van der Waals surface area contributed by atoms with Gasteiger partial charge in [0, 0.05) is 5.56 Å². The van der Waals surface area contributed by atoms with E-state index in [9.17, 15) is 9.18 Å². The third-order valence-electron chi connectivity index (χ3n) is 2.78. The highest BCUT2D eigenvalue weighted by molar-refractivity contribution is 5.86. The van der Waals surface area contributed by atoms with Crippen LogP contribution in [0.5, 0.6) is 0 Å². The minimum Gasteiger partial charge on any atom is -0.475 e. The van der Waals surface area contributed by atoms with Crippen molar-refractivity contribution in [1.82, 2.24) is 4.98 Å². The predicted molar refractivity (Wildman–Crippen MR) is 67.6 cm³/mol. The Morgan fingerprint density at radius 3 is 2.79 bits per heavy atom. The zero-order valence-corrected chi connectivity index (χ0v) is 10.7. The summed E-state index contributed by atoms with van der Waals surface area (Å²) in [6.45, 7) is 3.56. The minimum atomic E-state index is -1.14. The Balaban J connectivity index is 2.47. The van der Waals surface area contributed by atoms with Crippen molar-refractivity contribution in [2.24, 2.45) is 0 Å². The Hall–Kier alpha value is -2.17. The molecule has 0 bridgehead atoms. The van der Waals surface area contributed by atoms with Crippen LogP contribution in [0.3, 0.4) is 0 Å². The Morgan fingerprint density at radius 2 is 2.21 bits per heavy atom. The van der Waals surface area contributed by atoms with Gasteiger partial charge in [-0.05, 0) is 37.1 Å². The first-order valence-corrected chi connectivity index (χ1v) is 6.02. The molecule has 1 aromatic carbocycles. The van der Waals surface area contributed by atoms with Crippen LogP contribution in [0.1, 0.15) is 35.2 Å². The molecule has 0 aliphatic heterocycles. The number of carboxylic acid groups (broad SMARTS) is 1. The first kappa shape index (κ1) is 13.3. The van der Waals surface area contributed by atoms with Gasteiger partial charge in [-0.15, -0.1) is 0 Å². The topological polar surface area (TPSA) is 63.3 Å². The summed E-state index contributed by atoms with van der Waals surface area (Å²) in [6, 6.07) is 4.42. The van der Waals surface area contributed by atoms with Gasteiger partial charge in [-0.3, -0.25) is 0 Å². The van der Waals surface area contributed by atoms with Crippen LogP contribution in [0.25, 0.3) is 11.5 Å². The number of rotatable bonds is 4. The number of aromatic carboxylic acids is 1. The van der Waals surface area contributed by atoms with E-state index in [1.54, 1.807) is 13.0 Å². The second-order valence-electron chi connectivity index (χ2n) is 4.31. The molecule has 0 amide bonds. The van der Waals surface area contributed by atoms with Gasteiger partial charge in [0.15, 0.2) is 0 Å². The van der Waals surface area contributed by atoms with Crippen molar-refractivity contribution in [1.29, 1.82) is 0 Å². The van der Waals surface area contributed by atoms with Crippen LogP contribution in [-0.4, -0.2) is 16.1 Å². The molecule has 2 rings (SSSR count). The molecule has 0 aliphatic carbocycles. The summed E-state index contributed by atoms with van der Waals surface area (Å²) in [5.41, 5.74) is 1.46. The van der Waals surface area contributed by atoms with Gasteiger partial charge in [0.2, 0.25) is 11.7 Å². The molecular weight excluding hydrogens is 249 g/mol. The summed E-state index contributed by atoms with van der Waals surface area (Å²) in [7, 11) is 0. The lowest BCUT2D eigenvalue weighted by Gasteiger charge is -1.98. The summed E-state index contributed by atoms with van der Waals surface area (Å²) in [5.74, 6) is -1.38. The highest BCUT2D eigenvalue weighted by Crippen LogP contribution is 2.24. The van der Waals surface area contributed by atoms with Crippen LogP contribution in [0.15, 0.2) is 22.6 Å². The maximum atomic E-state index is 13.2. The van der Waals surface area contributed by atoms with Crippen molar-refractivity contribution in [3.8, 4) is 11.5 Å². The highest BCUT2D eigenvalue weighted by Gasteiger charge is 2.19. The van der Waals surface area contributed by atoms with Crippen LogP contribution >= 0.6 is 0 Å². The number of carboxylic acids is 1. The Labute approximate surface area is 109 Å². The molecule has 5 heteroatoms. The molecule has 1 N–H and O–H groups in total. The van der Waals surface area contributed by atoms with E-state index in [1.807, 2.05) is 6.92 Å². The van der Waals surface area contributed by atoms with Crippen molar-refractivity contribution in [2.45, 2.75) is 26.7 Å². The zero-order chi connectivity index (χ0) is 14.0. The van der Waals surface area contributed by atoms with Crippen molar-refractivity contribution in [3.05, 3.63) is 41.0 Å². The van der Waals surface area contributed by atoms with Crippen LogP contribution < -0.4 is 0 Å². The second kappa shape index (κ2) is 5.22. The quantitative estimate of drug-likeness (QED) is 0.917. The van der Waals surface area contributed by atoms with E-state index in [0.717, 1.165) is 6.42 Å². The maximum absolute atomic E-state index is 13.2. The van der Waals surface area contributed by atoms with E-state index in [-0.39, 0.29) is 17.5 Å². The first-order valence-electron chi connectivity index (χ1n) is 6.02. The largest absolute Gasteiger partial charge is 0.475 e. The van der Waals surface area contributed by atoms with E-state index < -0.39 is 5.97 Å². The summed E-state index contributed by atoms with van der Waals surface area (Å²) < 4.78 is 18.5. The third kappa shape index (κ3) is 2.65. The molecule has 0 unspecified atom stereocenters. The van der Waals surface area contributed by atoms with E-state index >= 15 is 0 Å². The number of aromatic nitrogens is 1. The first-order chi connectivity index (χ1) is 9.02. The van der Waals surface area contributed by atoms with Gasteiger partial charge >= 0.3 is 5.97 Å². The fraction of sp³-hybridized carbons (Fsp3) is 0.286. The van der Waals surface area contributed by atoms with Crippen LogP contribution in [0.2, 0.25) is 0 Å². The molecule has 0 spiro atoms. The third-order valence-corrected chi connectivity index (χ3v) is 2.78. The minimum absolute atomic E-state index is 0.140. The van der Waals surface area contributed by atoms with Gasteiger partial charge < -0.3 is 9.52 Å². The monoisotopic (exact) mass is 263 g/mol. The summed E-state index contributed by atoms with van der Waals surface area (Å²) in [4.78, 5) is 15.3. The molecule has 0 fully saturated rings. The summed E-state index contributed by atoms with van der Waals surface area (Å²) in [5, 5.41) is 9.06. The fourth-order valence-corrected chi connectivity index (χ4v) is 1.83. The lowest BCUT2D eigenvalue weighted by molar-refractivity contribution is 0.0661. The Morgan fingerprint density at radius 1 is 1.47 bits per heavy atom. The van der Waals surface area contributed by atoms with Crippen molar-refractivity contribution >= 4 is 5.97 Å². The number of benzene rings is 1. The van der Waals surface area contributed by atoms with Crippen molar-refractivity contribution in [2.75, 3.05) is 0 Å². The second-order valence-corrected chi connectivity index (χ2v) is 4.31. The average Bonchev–Trinajstić information content (AvgIpc) is 2.77. The van der Waals surface area contributed by atoms with Crippen LogP contribution in [-0.2, 0) is 6.42 Å². The molecule has 0 saturated heterocycles. The Kier molecular flexibility index (Phi) is 3.64. The van der Waals surface area contributed by atoms with Crippen LogP contribution in [0.4, 0.5) is 4.39 Å². The molecule has 0 saturated carbocycles. The van der Waals surface area contributed by atoms with Gasteiger partial charge in [-0.1, -0.05) is 13.3 Å². The van der Waals surface area contributed by atoms with Gasteiger partial charge in [-0.25, -0.2) is 14.2 Å². The lowest BCUT2D eigenvalue weighted by atomic mass is 10.1. The zero-order valence-electron chi connectivity index (χ0n) is 10.7. The number of hydrogen-bond acceptors (Lipinski definition) is 3. The van der Waals surface area contributed by atoms with Gasteiger partial charge in [0.25, 0.3) is 0 Å². The van der Waals surface area contributed by atoms with E-state index in [0.29, 0.717) is 23.2 Å². The van der Waals surface area contributed by atoms with Crippen molar-refractivity contribution in [3.63, 3.8) is 0 Å². The van der Waals surface area contributed by atoms with E-state index in [4.69, 9.17) is 9.52 Å². The smallest absolute Gasteiger partial charge is 0.373 e. The molecule has 0 radical (unpaired) electrons. The molecule has 1 aromatic heterocycles. The molecule has 4 nitrogen and oxygen atoms in total. The number of nitrogens with zero attached hydrogens (tertiary/aromatic N) is 1. The molecule has 0 atom stereocenters.